The molecule has 0 atom stereocenters. The van der Waals surface area contributed by atoms with Crippen molar-refractivity contribution in [2.75, 3.05) is 19.7 Å². The lowest BCUT2D eigenvalue weighted by Crippen LogP contribution is -2.17. The summed E-state index contributed by atoms with van der Waals surface area (Å²) in [7, 11) is 0. The Labute approximate surface area is 115 Å². The van der Waals surface area contributed by atoms with Gasteiger partial charge in [-0.2, -0.15) is 0 Å². The molecule has 1 N–H and O–H groups in total. The first-order valence-electron chi connectivity index (χ1n) is 6.43. The zero-order valence-electron chi connectivity index (χ0n) is 11.2. The van der Waals surface area contributed by atoms with Crippen LogP contribution in [0.2, 0.25) is 5.02 Å². The van der Waals surface area contributed by atoms with Gasteiger partial charge in [0.25, 0.3) is 0 Å². The molecule has 0 unspecified atom stereocenters. The van der Waals surface area contributed by atoms with E-state index in [1.54, 1.807) is 0 Å². The molecule has 0 saturated carbocycles. The van der Waals surface area contributed by atoms with Gasteiger partial charge in [-0.1, -0.05) is 35.9 Å². The van der Waals surface area contributed by atoms with Crippen LogP contribution >= 0.6 is 11.6 Å². The fourth-order valence-electron chi connectivity index (χ4n) is 1.47. The van der Waals surface area contributed by atoms with Crippen LogP contribution in [0.15, 0.2) is 30.3 Å². The molecule has 18 heavy (non-hydrogen) atoms. The summed E-state index contributed by atoms with van der Waals surface area (Å²) in [4.78, 5) is 0. The normalized spacial score (nSPS) is 11.6. The Bertz CT molecular complexity index is 346. The second-order valence-electron chi connectivity index (χ2n) is 4.43. The van der Waals surface area contributed by atoms with Gasteiger partial charge in [0.2, 0.25) is 0 Å². The van der Waals surface area contributed by atoms with E-state index in [-0.39, 0.29) is 0 Å². The Morgan fingerprint density at radius 2 is 2.00 bits per heavy atom. The van der Waals surface area contributed by atoms with Crippen LogP contribution in [0.4, 0.5) is 0 Å². The molecule has 3 heteroatoms. The van der Waals surface area contributed by atoms with Crippen molar-refractivity contribution < 1.29 is 4.74 Å². The molecule has 0 aliphatic heterocycles. The van der Waals surface area contributed by atoms with E-state index < -0.39 is 0 Å². The Morgan fingerprint density at radius 1 is 1.28 bits per heavy atom. The van der Waals surface area contributed by atoms with Crippen molar-refractivity contribution in [1.82, 2.24) is 5.32 Å². The Kier molecular flexibility index (Phi) is 7.74. The van der Waals surface area contributed by atoms with E-state index >= 15 is 0 Å². The molecule has 1 rings (SSSR count). The van der Waals surface area contributed by atoms with Crippen molar-refractivity contribution >= 4 is 17.7 Å². The maximum atomic E-state index is 5.82. The van der Waals surface area contributed by atoms with Crippen LogP contribution < -0.4 is 5.32 Å². The van der Waals surface area contributed by atoms with Gasteiger partial charge >= 0.3 is 0 Å². The molecule has 100 valence electrons. The van der Waals surface area contributed by atoms with E-state index in [2.05, 4.69) is 31.3 Å². The van der Waals surface area contributed by atoms with E-state index in [1.807, 2.05) is 24.3 Å². The molecule has 0 spiro atoms. The van der Waals surface area contributed by atoms with Crippen molar-refractivity contribution in [3.8, 4) is 0 Å². The summed E-state index contributed by atoms with van der Waals surface area (Å²) in [5, 5.41) is 4.12. The third-order valence-electron chi connectivity index (χ3n) is 2.39. The van der Waals surface area contributed by atoms with Gasteiger partial charge in [0.15, 0.2) is 0 Å². The molecule has 1 aromatic rings. The number of ether oxygens (including phenoxy) is 1. The highest BCUT2D eigenvalue weighted by molar-refractivity contribution is 6.30. The summed E-state index contributed by atoms with van der Waals surface area (Å²) in [6.45, 7) is 6.80. The van der Waals surface area contributed by atoms with E-state index in [4.69, 9.17) is 16.3 Å². The van der Waals surface area contributed by atoms with E-state index in [9.17, 15) is 0 Å². The fraction of sp³-hybridized carbons (Fsp3) is 0.467. The molecule has 0 aromatic heterocycles. The van der Waals surface area contributed by atoms with Crippen LogP contribution in [-0.2, 0) is 4.74 Å². The van der Waals surface area contributed by atoms with Crippen molar-refractivity contribution in [2.45, 2.75) is 26.4 Å². The average Bonchev–Trinajstić information content (AvgIpc) is 2.34. The summed E-state index contributed by atoms with van der Waals surface area (Å²) in [5.41, 5.74) is 1.17. The highest BCUT2D eigenvalue weighted by atomic mass is 35.5. The SMILES string of the molecule is CC(C)OCCCNC/C=C/c1ccc(Cl)cc1. The molecule has 0 aliphatic carbocycles. The van der Waals surface area contributed by atoms with Gasteiger partial charge in [0.05, 0.1) is 6.10 Å². The highest BCUT2D eigenvalue weighted by Crippen LogP contribution is 2.10. The first-order valence-corrected chi connectivity index (χ1v) is 6.80. The third-order valence-corrected chi connectivity index (χ3v) is 2.64. The molecule has 0 heterocycles. The lowest BCUT2D eigenvalue weighted by atomic mass is 10.2. The summed E-state index contributed by atoms with van der Waals surface area (Å²) >= 11 is 5.82. The van der Waals surface area contributed by atoms with E-state index in [0.717, 1.165) is 31.1 Å². The lowest BCUT2D eigenvalue weighted by molar-refractivity contribution is 0.0772. The molecule has 0 amide bonds. The van der Waals surface area contributed by atoms with E-state index in [1.165, 1.54) is 5.56 Å². The number of halogens is 1. The summed E-state index contributed by atoms with van der Waals surface area (Å²) in [6.07, 6.45) is 5.59. The van der Waals surface area contributed by atoms with Gasteiger partial charge < -0.3 is 10.1 Å². The van der Waals surface area contributed by atoms with Gasteiger partial charge in [-0.3, -0.25) is 0 Å². The molecule has 2 nitrogen and oxygen atoms in total. The molecular weight excluding hydrogens is 246 g/mol. The average molecular weight is 268 g/mol. The van der Waals surface area contributed by atoms with Crippen molar-refractivity contribution in [2.24, 2.45) is 0 Å². The second-order valence-corrected chi connectivity index (χ2v) is 4.87. The minimum Gasteiger partial charge on any atom is -0.379 e. The number of hydrogen-bond acceptors (Lipinski definition) is 2. The quantitative estimate of drug-likeness (QED) is 0.724. The number of nitrogens with one attached hydrogen (secondary N) is 1. The predicted molar refractivity (Wildman–Crippen MR) is 79.1 cm³/mol. The Balaban J connectivity index is 2.05. The highest BCUT2D eigenvalue weighted by Gasteiger charge is 1.92. The zero-order chi connectivity index (χ0) is 13.2. The summed E-state index contributed by atoms with van der Waals surface area (Å²) in [6, 6.07) is 7.82. The van der Waals surface area contributed by atoms with Gasteiger partial charge in [0.1, 0.15) is 0 Å². The number of hydrogen-bond donors (Lipinski definition) is 1. The molecule has 0 bridgehead atoms. The molecule has 0 fully saturated rings. The van der Waals surface area contributed by atoms with Crippen LogP contribution in [0.5, 0.6) is 0 Å². The topological polar surface area (TPSA) is 21.3 Å². The third kappa shape index (κ3) is 7.49. The predicted octanol–water partition coefficient (Wildman–Crippen LogP) is 3.76. The molecule has 1 aromatic carbocycles. The monoisotopic (exact) mass is 267 g/mol. The van der Waals surface area contributed by atoms with Gasteiger partial charge in [-0.15, -0.1) is 0 Å². The maximum absolute atomic E-state index is 5.82. The van der Waals surface area contributed by atoms with Gasteiger partial charge in [-0.25, -0.2) is 0 Å². The maximum Gasteiger partial charge on any atom is 0.0518 e. The minimum absolute atomic E-state index is 0.329. The molecule has 0 saturated heterocycles. The van der Waals surface area contributed by atoms with E-state index in [0.29, 0.717) is 6.10 Å². The zero-order valence-corrected chi connectivity index (χ0v) is 11.9. The fourth-order valence-corrected chi connectivity index (χ4v) is 1.60. The first kappa shape index (κ1) is 15.2. The largest absolute Gasteiger partial charge is 0.379 e. The van der Waals surface area contributed by atoms with Crippen molar-refractivity contribution in [3.63, 3.8) is 0 Å². The summed E-state index contributed by atoms with van der Waals surface area (Å²) in [5.74, 6) is 0. The van der Waals surface area contributed by atoms with Crippen molar-refractivity contribution in [1.29, 1.82) is 0 Å². The number of rotatable bonds is 8. The smallest absolute Gasteiger partial charge is 0.0518 e. The Hall–Kier alpha value is -0.830. The minimum atomic E-state index is 0.329. The van der Waals surface area contributed by atoms with Crippen LogP contribution in [0.1, 0.15) is 25.8 Å². The number of benzene rings is 1. The summed E-state index contributed by atoms with van der Waals surface area (Å²) < 4.78 is 5.46. The van der Waals surface area contributed by atoms with Crippen LogP contribution in [0.25, 0.3) is 6.08 Å². The van der Waals surface area contributed by atoms with Crippen LogP contribution in [-0.4, -0.2) is 25.8 Å². The van der Waals surface area contributed by atoms with Crippen LogP contribution in [0.3, 0.4) is 0 Å². The lowest BCUT2D eigenvalue weighted by Gasteiger charge is -2.06. The molecular formula is C15H22ClNO. The standard InChI is InChI=1S/C15H22ClNO/c1-13(2)18-12-4-11-17-10-3-5-14-6-8-15(16)9-7-14/h3,5-9,13,17H,4,10-12H2,1-2H3/b5-3+. The van der Waals surface area contributed by atoms with Gasteiger partial charge in [0, 0.05) is 18.2 Å². The first-order chi connectivity index (χ1) is 8.68. The van der Waals surface area contributed by atoms with Gasteiger partial charge in [-0.05, 0) is 44.5 Å². The van der Waals surface area contributed by atoms with Crippen molar-refractivity contribution in [3.05, 3.63) is 40.9 Å². The second kappa shape index (κ2) is 9.15. The molecule has 0 radical (unpaired) electrons. The molecule has 0 aliphatic rings. The Morgan fingerprint density at radius 3 is 2.67 bits per heavy atom. The van der Waals surface area contributed by atoms with Crippen LogP contribution in [0, 0.1) is 0 Å².